The highest BCUT2D eigenvalue weighted by atomic mass is 32.1. The fourth-order valence-corrected chi connectivity index (χ4v) is 5.23. The number of nitrogen functional groups attached to an aromatic ring is 1. The quantitative estimate of drug-likeness (QED) is 0.500. The lowest BCUT2D eigenvalue weighted by Crippen LogP contribution is -2.16. The van der Waals surface area contributed by atoms with E-state index in [0.29, 0.717) is 41.0 Å². The predicted octanol–water partition coefficient (Wildman–Crippen LogP) is 4.54. The van der Waals surface area contributed by atoms with Gasteiger partial charge >= 0.3 is 0 Å². The SMILES string of the molecule is Nc1c(C(=O)Nc2ccc3c(c2)OCCO3)sc2nc3cc4c(cc3cc12)CCC4. The van der Waals surface area contributed by atoms with Gasteiger partial charge in [-0.2, -0.15) is 0 Å². The monoisotopic (exact) mass is 417 g/mol. The van der Waals surface area contributed by atoms with Crippen molar-refractivity contribution in [1.29, 1.82) is 0 Å². The van der Waals surface area contributed by atoms with E-state index in [1.54, 1.807) is 18.2 Å². The van der Waals surface area contributed by atoms with E-state index in [-0.39, 0.29) is 5.91 Å². The van der Waals surface area contributed by atoms with Crippen molar-refractivity contribution in [2.24, 2.45) is 0 Å². The van der Waals surface area contributed by atoms with Crippen LogP contribution in [0.15, 0.2) is 36.4 Å². The molecule has 2 aliphatic rings. The fraction of sp³-hybridized carbons (Fsp3) is 0.217. The average Bonchev–Trinajstić information content (AvgIpc) is 3.34. The van der Waals surface area contributed by atoms with Crippen molar-refractivity contribution in [3.05, 3.63) is 52.4 Å². The second kappa shape index (κ2) is 6.60. The van der Waals surface area contributed by atoms with Gasteiger partial charge in [-0.3, -0.25) is 4.79 Å². The number of ether oxygens (including phenoxy) is 2. The maximum absolute atomic E-state index is 12.9. The van der Waals surface area contributed by atoms with Crippen molar-refractivity contribution >= 4 is 49.7 Å². The van der Waals surface area contributed by atoms with Crippen LogP contribution in [-0.4, -0.2) is 24.1 Å². The molecule has 2 aromatic heterocycles. The first-order valence-electron chi connectivity index (χ1n) is 10.0. The van der Waals surface area contributed by atoms with Crippen molar-refractivity contribution in [3.63, 3.8) is 0 Å². The van der Waals surface area contributed by atoms with Gasteiger partial charge in [0.1, 0.15) is 22.9 Å². The van der Waals surface area contributed by atoms with Crippen LogP contribution in [0.5, 0.6) is 11.5 Å². The van der Waals surface area contributed by atoms with Gasteiger partial charge in [0.25, 0.3) is 5.91 Å². The minimum absolute atomic E-state index is 0.251. The van der Waals surface area contributed by atoms with Gasteiger partial charge in [0.15, 0.2) is 11.5 Å². The highest BCUT2D eigenvalue weighted by molar-refractivity contribution is 7.21. The molecule has 0 saturated heterocycles. The number of hydrogen-bond acceptors (Lipinski definition) is 6. The Morgan fingerprint density at radius 2 is 1.83 bits per heavy atom. The van der Waals surface area contributed by atoms with E-state index in [4.69, 9.17) is 20.2 Å². The zero-order valence-electron chi connectivity index (χ0n) is 16.2. The van der Waals surface area contributed by atoms with E-state index in [1.807, 2.05) is 0 Å². The third kappa shape index (κ3) is 2.77. The van der Waals surface area contributed by atoms with Gasteiger partial charge in [0, 0.05) is 22.5 Å². The normalized spacial score (nSPS) is 14.8. The number of rotatable bonds is 2. The lowest BCUT2D eigenvalue weighted by Gasteiger charge is -2.18. The molecule has 0 unspecified atom stereocenters. The molecular formula is C23H19N3O3S. The number of nitrogens with two attached hydrogens (primary N) is 1. The van der Waals surface area contributed by atoms with Crippen molar-refractivity contribution in [2.45, 2.75) is 19.3 Å². The number of nitrogens with one attached hydrogen (secondary N) is 1. The van der Waals surface area contributed by atoms with Crippen molar-refractivity contribution in [1.82, 2.24) is 4.98 Å². The summed E-state index contributed by atoms with van der Waals surface area (Å²) in [5.41, 5.74) is 11.2. The molecule has 0 atom stereocenters. The smallest absolute Gasteiger partial charge is 0.267 e. The summed E-state index contributed by atoms with van der Waals surface area (Å²) in [6, 6.07) is 11.8. The minimum Gasteiger partial charge on any atom is -0.486 e. The summed E-state index contributed by atoms with van der Waals surface area (Å²) in [7, 11) is 0. The van der Waals surface area contributed by atoms with Gasteiger partial charge in [0.2, 0.25) is 0 Å². The number of aromatic nitrogens is 1. The van der Waals surface area contributed by atoms with Crippen LogP contribution < -0.4 is 20.5 Å². The molecular weight excluding hydrogens is 398 g/mol. The molecule has 0 radical (unpaired) electrons. The molecule has 0 saturated carbocycles. The van der Waals surface area contributed by atoms with Crippen LogP contribution in [0.3, 0.4) is 0 Å². The Bertz CT molecular complexity index is 1350. The summed E-state index contributed by atoms with van der Waals surface area (Å²) < 4.78 is 11.1. The van der Waals surface area contributed by atoms with Gasteiger partial charge < -0.3 is 20.5 Å². The molecule has 30 heavy (non-hydrogen) atoms. The van der Waals surface area contributed by atoms with Crippen LogP contribution in [0.25, 0.3) is 21.1 Å². The van der Waals surface area contributed by atoms with Crippen LogP contribution in [0.1, 0.15) is 27.2 Å². The molecule has 1 aliphatic carbocycles. The number of nitrogens with zero attached hydrogens (tertiary/aromatic N) is 1. The zero-order chi connectivity index (χ0) is 20.2. The van der Waals surface area contributed by atoms with E-state index in [9.17, 15) is 4.79 Å². The van der Waals surface area contributed by atoms with Crippen LogP contribution >= 0.6 is 11.3 Å². The predicted molar refractivity (Wildman–Crippen MR) is 119 cm³/mol. The van der Waals surface area contributed by atoms with E-state index in [0.717, 1.165) is 34.0 Å². The van der Waals surface area contributed by atoms with Gasteiger partial charge in [-0.05, 0) is 60.7 Å². The Morgan fingerprint density at radius 3 is 2.70 bits per heavy atom. The highest BCUT2D eigenvalue weighted by Crippen LogP contribution is 2.37. The van der Waals surface area contributed by atoms with Gasteiger partial charge in [-0.15, -0.1) is 11.3 Å². The number of thiophene rings is 1. The maximum Gasteiger partial charge on any atom is 0.267 e. The molecule has 7 heteroatoms. The number of amides is 1. The first-order chi connectivity index (χ1) is 14.7. The first-order valence-corrected chi connectivity index (χ1v) is 10.8. The second-order valence-electron chi connectivity index (χ2n) is 7.67. The summed E-state index contributed by atoms with van der Waals surface area (Å²) in [5, 5.41) is 4.82. The first kappa shape index (κ1) is 17.5. The van der Waals surface area contributed by atoms with Gasteiger partial charge in [-0.1, -0.05) is 0 Å². The molecule has 0 fully saturated rings. The fourth-order valence-electron chi connectivity index (χ4n) is 4.25. The molecule has 1 amide bonds. The Balaban J connectivity index is 1.36. The van der Waals surface area contributed by atoms with Crippen molar-refractivity contribution < 1.29 is 14.3 Å². The van der Waals surface area contributed by atoms with Crippen LogP contribution in [0.2, 0.25) is 0 Å². The number of carbonyl (C=O) groups is 1. The van der Waals surface area contributed by atoms with E-state index >= 15 is 0 Å². The number of aryl methyl sites for hydroxylation is 2. The summed E-state index contributed by atoms with van der Waals surface area (Å²) >= 11 is 1.32. The van der Waals surface area contributed by atoms with Crippen LogP contribution in [-0.2, 0) is 12.8 Å². The molecule has 6 rings (SSSR count). The molecule has 4 aromatic rings. The minimum atomic E-state index is -0.251. The Kier molecular flexibility index (Phi) is 3.86. The molecule has 0 spiro atoms. The molecule has 1 aliphatic heterocycles. The van der Waals surface area contributed by atoms with E-state index in [2.05, 4.69) is 23.5 Å². The molecule has 0 bridgehead atoms. The zero-order valence-corrected chi connectivity index (χ0v) is 17.0. The summed E-state index contributed by atoms with van der Waals surface area (Å²) in [5.74, 6) is 1.06. The largest absolute Gasteiger partial charge is 0.486 e. The van der Waals surface area contributed by atoms with Crippen molar-refractivity contribution in [2.75, 3.05) is 24.3 Å². The van der Waals surface area contributed by atoms with E-state index in [1.165, 1.54) is 28.9 Å². The van der Waals surface area contributed by atoms with Crippen LogP contribution in [0, 0.1) is 0 Å². The summed E-state index contributed by atoms with van der Waals surface area (Å²) in [6.45, 7) is 1.03. The lowest BCUT2D eigenvalue weighted by molar-refractivity contribution is 0.103. The second-order valence-corrected chi connectivity index (χ2v) is 8.66. The Morgan fingerprint density at radius 1 is 1.03 bits per heavy atom. The number of anilines is 2. The molecule has 2 aromatic carbocycles. The number of benzene rings is 2. The maximum atomic E-state index is 12.9. The number of pyridine rings is 1. The van der Waals surface area contributed by atoms with Crippen molar-refractivity contribution in [3.8, 4) is 11.5 Å². The number of fused-ring (bicyclic) bond motifs is 4. The third-order valence-corrected chi connectivity index (χ3v) is 6.85. The summed E-state index contributed by atoms with van der Waals surface area (Å²) in [6.07, 6.45) is 3.43. The topological polar surface area (TPSA) is 86.5 Å². The molecule has 3 N–H and O–H groups in total. The number of carbonyl (C=O) groups excluding carboxylic acids is 1. The Hall–Kier alpha value is -3.32. The molecule has 3 heterocycles. The van der Waals surface area contributed by atoms with Gasteiger partial charge in [0.05, 0.1) is 11.2 Å². The van der Waals surface area contributed by atoms with Gasteiger partial charge in [-0.25, -0.2) is 4.98 Å². The Labute approximate surface area is 176 Å². The highest BCUT2D eigenvalue weighted by Gasteiger charge is 2.20. The lowest BCUT2D eigenvalue weighted by atomic mass is 10.1. The van der Waals surface area contributed by atoms with E-state index < -0.39 is 0 Å². The number of hydrogen-bond donors (Lipinski definition) is 2. The standard InChI is InChI=1S/C23H19N3O3S/c24-20-16-9-14-8-12-2-1-3-13(12)10-17(14)26-23(16)30-21(20)22(27)25-15-4-5-18-19(11-15)29-7-6-28-18/h4-5,8-11H,1-3,6-7,24H2,(H,25,27). The molecule has 150 valence electrons. The van der Waals surface area contributed by atoms with Crippen LogP contribution in [0.4, 0.5) is 11.4 Å². The average molecular weight is 417 g/mol. The third-order valence-electron chi connectivity index (χ3n) is 5.73. The summed E-state index contributed by atoms with van der Waals surface area (Å²) in [4.78, 5) is 19.0. The molecule has 6 nitrogen and oxygen atoms in total.